The second kappa shape index (κ2) is 9.06. The maximum Gasteiger partial charge on any atom is 0.316 e. The number of non-ortho nitro benzene ring substituents is 1. The van der Waals surface area contributed by atoms with E-state index in [2.05, 4.69) is 10.3 Å². The fourth-order valence-corrected chi connectivity index (χ4v) is 2.94. The molecule has 0 aliphatic carbocycles. The lowest BCUT2D eigenvalue weighted by Gasteiger charge is -2.10. The molecule has 3 aromatic rings. The van der Waals surface area contributed by atoms with Crippen molar-refractivity contribution >= 4 is 46.1 Å². The molecular formula is C18H15N3O7S. The Labute approximate surface area is 168 Å². The van der Waals surface area contributed by atoms with Crippen LogP contribution in [-0.4, -0.2) is 41.3 Å². The lowest BCUT2D eigenvalue weighted by atomic mass is 10.2. The number of oxazole rings is 1. The van der Waals surface area contributed by atoms with Crippen molar-refractivity contribution in [3.63, 3.8) is 0 Å². The molecule has 0 saturated carbocycles. The third-order valence-corrected chi connectivity index (χ3v) is 4.42. The van der Waals surface area contributed by atoms with E-state index in [0.29, 0.717) is 16.3 Å². The maximum atomic E-state index is 12.0. The van der Waals surface area contributed by atoms with Gasteiger partial charge in [0.05, 0.1) is 23.8 Å². The molecule has 0 atom stereocenters. The van der Waals surface area contributed by atoms with Gasteiger partial charge < -0.3 is 19.2 Å². The summed E-state index contributed by atoms with van der Waals surface area (Å²) in [6, 6.07) is 10.9. The first-order valence-corrected chi connectivity index (χ1v) is 9.21. The molecule has 1 amide bonds. The minimum absolute atomic E-state index is 0.0824. The molecule has 1 aromatic heterocycles. The summed E-state index contributed by atoms with van der Waals surface area (Å²) in [5, 5.41) is 13.6. The minimum atomic E-state index is -0.622. The zero-order valence-corrected chi connectivity index (χ0v) is 15.9. The number of nitrogens with zero attached hydrogens (tertiary/aromatic N) is 2. The molecule has 1 heterocycles. The van der Waals surface area contributed by atoms with Crippen molar-refractivity contribution in [1.82, 2.24) is 4.98 Å². The number of anilines is 1. The lowest BCUT2D eigenvalue weighted by molar-refractivity contribution is -0.384. The Bertz CT molecular complexity index is 1030. The average Bonchev–Trinajstić information content (AvgIpc) is 3.14. The summed E-state index contributed by atoms with van der Waals surface area (Å²) < 4.78 is 15.4. The molecule has 1 N–H and O–H groups in total. The summed E-state index contributed by atoms with van der Waals surface area (Å²) in [6.45, 7) is -0.521. The largest absolute Gasteiger partial charge is 0.494 e. The van der Waals surface area contributed by atoms with Crippen LogP contribution in [0.3, 0.4) is 0 Å². The number of rotatable bonds is 8. The number of aromatic nitrogens is 1. The summed E-state index contributed by atoms with van der Waals surface area (Å²) >= 11 is 1.05. The van der Waals surface area contributed by atoms with E-state index in [1.54, 1.807) is 12.1 Å². The Balaban J connectivity index is 1.48. The molecule has 10 nitrogen and oxygen atoms in total. The van der Waals surface area contributed by atoms with E-state index >= 15 is 0 Å². The van der Waals surface area contributed by atoms with Gasteiger partial charge in [-0.15, -0.1) is 0 Å². The third kappa shape index (κ3) is 5.23. The molecule has 0 radical (unpaired) electrons. The van der Waals surface area contributed by atoms with Crippen molar-refractivity contribution in [3.05, 3.63) is 52.6 Å². The van der Waals surface area contributed by atoms with Gasteiger partial charge >= 0.3 is 5.97 Å². The summed E-state index contributed by atoms with van der Waals surface area (Å²) in [4.78, 5) is 38.2. The minimum Gasteiger partial charge on any atom is -0.494 e. The van der Waals surface area contributed by atoms with Crippen LogP contribution in [0.15, 0.2) is 52.1 Å². The Morgan fingerprint density at radius 2 is 2.07 bits per heavy atom. The highest BCUT2D eigenvalue weighted by atomic mass is 32.2. The molecule has 11 heteroatoms. The van der Waals surface area contributed by atoms with E-state index in [1.807, 2.05) is 12.1 Å². The summed E-state index contributed by atoms with van der Waals surface area (Å²) in [7, 11) is 1.32. The number of methoxy groups -OCH3 is 1. The molecule has 0 bridgehead atoms. The van der Waals surface area contributed by atoms with Crippen LogP contribution in [0.4, 0.5) is 11.4 Å². The van der Waals surface area contributed by atoms with E-state index in [0.717, 1.165) is 11.8 Å². The number of hydrogen-bond donors (Lipinski definition) is 1. The highest BCUT2D eigenvalue weighted by Gasteiger charge is 2.15. The highest BCUT2D eigenvalue weighted by Crippen LogP contribution is 2.29. The first-order chi connectivity index (χ1) is 14.0. The Kier molecular flexibility index (Phi) is 6.29. The highest BCUT2D eigenvalue weighted by molar-refractivity contribution is 7.99. The zero-order valence-electron chi connectivity index (χ0n) is 15.1. The smallest absolute Gasteiger partial charge is 0.316 e. The molecule has 0 saturated heterocycles. The van der Waals surface area contributed by atoms with Crippen molar-refractivity contribution in [2.45, 2.75) is 5.22 Å². The van der Waals surface area contributed by atoms with E-state index in [4.69, 9.17) is 13.9 Å². The summed E-state index contributed by atoms with van der Waals surface area (Å²) in [6.07, 6.45) is 0. The number of fused-ring (bicyclic) bond motifs is 1. The molecule has 29 heavy (non-hydrogen) atoms. The number of carbonyl (C=O) groups is 2. The number of ether oxygens (including phenoxy) is 2. The number of hydrogen-bond acceptors (Lipinski definition) is 9. The number of thioether (sulfide) groups is 1. The van der Waals surface area contributed by atoms with Crippen LogP contribution < -0.4 is 10.1 Å². The van der Waals surface area contributed by atoms with E-state index in [-0.39, 0.29) is 22.9 Å². The van der Waals surface area contributed by atoms with Gasteiger partial charge in [-0.3, -0.25) is 19.7 Å². The maximum absolute atomic E-state index is 12.0. The van der Waals surface area contributed by atoms with Crippen molar-refractivity contribution in [2.75, 3.05) is 24.8 Å². The number of amides is 1. The topological polar surface area (TPSA) is 134 Å². The number of nitro groups is 1. The van der Waals surface area contributed by atoms with Crippen molar-refractivity contribution in [3.8, 4) is 5.75 Å². The molecule has 0 unspecified atom stereocenters. The molecule has 0 aliphatic heterocycles. The Morgan fingerprint density at radius 1 is 1.28 bits per heavy atom. The van der Waals surface area contributed by atoms with E-state index in [9.17, 15) is 19.7 Å². The first-order valence-electron chi connectivity index (χ1n) is 8.22. The second-order valence-corrected chi connectivity index (χ2v) is 6.51. The van der Waals surface area contributed by atoms with Gasteiger partial charge in [0.2, 0.25) is 0 Å². The molecule has 2 aromatic carbocycles. The third-order valence-electron chi connectivity index (χ3n) is 3.62. The number of benzene rings is 2. The molecular weight excluding hydrogens is 402 g/mol. The molecule has 0 aliphatic rings. The Morgan fingerprint density at radius 3 is 2.79 bits per heavy atom. The normalized spacial score (nSPS) is 10.5. The summed E-state index contributed by atoms with van der Waals surface area (Å²) in [5.74, 6) is -1.20. The molecule has 0 fully saturated rings. The lowest BCUT2D eigenvalue weighted by Crippen LogP contribution is -2.22. The number of para-hydroxylation sites is 2. The summed E-state index contributed by atoms with van der Waals surface area (Å²) in [5.41, 5.74) is 1.34. The predicted octanol–water partition coefficient (Wildman–Crippen LogP) is 3.02. The number of nitrogens with one attached hydrogen (secondary N) is 1. The molecule has 3 rings (SSSR count). The predicted molar refractivity (Wildman–Crippen MR) is 104 cm³/mol. The van der Waals surface area contributed by atoms with Crippen LogP contribution in [0, 0.1) is 10.1 Å². The van der Waals surface area contributed by atoms with Crippen LogP contribution in [-0.2, 0) is 14.3 Å². The molecule has 0 spiro atoms. The quantitative estimate of drug-likeness (QED) is 0.254. The fourth-order valence-electron chi connectivity index (χ4n) is 2.30. The van der Waals surface area contributed by atoms with E-state index in [1.165, 1.54) is 25.3 Å². The first kappa shape index (κ1) is 20.1. The number of esters is 1. The zero-order chi connectivity index (χ0) is 20.8. The molecule has 150 valence electrons. The van der Waals surface area contributed by atoms with Crippen LogP contribution in [0.2, 0.25) is 0 Å². The monoisotopic (exact) mass is 417 g/mol. The van der Waals surface area contributed by atoms with Gasteiger partial charge in [-0.05, 0) is 18.2 Å². The van der Waals surface area contributed by atoms with Crippen LogP contribution >= 0.6 is 11.8 Å². The van der Waals surface area contributed by atoms with Gasteiger partial charge in [-0.2, -0.15) is 0 Å². The standard InChI is InChI=1S/C18H15N3O7S/c1-26-15-8-11(21(24)25)6-7-13(15)19-16(22)9-27-17(23)10-29-18-20-12-4-2-3-5-14(12)28-18/h2-8H,9-10H2,1H3,(H,19,22). The van der Waals surface area contributed by atoms with Crippen molar-refractivity contribution < 1.29 is 28.4 Å². The number of carbonyl (C=O) groups excluding carboxylic acids is 2. The van der Waals surface area contributed by atoms with Gasteiger partial charge in [0.25, 0.3) is 16.8 Å². The van der Waals surface area contributed by atoms with Gasteiger partial charge in [-0.25, -0.2) is 4.98 Å². The average molecular weight is 417 g/mol. The Hall–Kier alpha value is -3.60. The van der Waals surface area contributed by atoms with Crippen LogP contribution in [0.25, 0.3) is 11.1 Å². The van der Waals surface area contributed by atoms with Crippen molar-refractivity contribution in [2.24, 2.45) is 0 Å². The number of nitro benzene ring substituents is 1. The van der Waals surface area contributed by atoms with Crippen LogP contribution in [0.1, 0.15) is 0 Å². The van der Waals surface area contributed by atoms with Gasteiger partial charge in [-0.1, -0.05) is 23.9 Å². The van der Waals surface area contributed by atoms with Gasteiger partial charge in [0.1, 0.15) is 17.0 Å². The van der Waals surface area contributed by atoms with Gasteiger partial charge in [0.15, 0.2) is 12.2 Å². The second-order valence-electron chi connectivity index (χ2n) is 5.59. The van der Waals surface area contributed by atoms with E-state index < -0.39 is 23.4 Å². The SMILES string of the molecule is COc1cc([N+](=O)[O-])ccc1NC(=O)COC(=O)CSc1nc2ccccc2o1. The van der Waals surface area contributed by atoms with Crippen LogP contribution in [0.5, 0.6) is 5.75 Å². The fraction of sp³-hybridized carbons (Fsp3) is 0.167. The van der Waals surface area contributed by atoms with Gasteiger partial charge in [0, 0.05) is 6.07 Å². The van der Waals surface area contributed by atoms with Crippen molar-refractivity contribution in [1.29, 1.82) is 0 Å².